The smallest absolute Gasteiger partial charge is 0.323 e. The summed E-state index contributed by atoms with van der Waals surface area (Å²) in [4.78, 5) is 11.4. The number of benzene rings is 1. The van der Waals surface area contributed by atoms with Crippen molar-refractivity contribution in [2.45, 2.75) is 13.1 Å². The van der Waals surface area contributed by atoms with Crippen molar-refractivity contribution >= 4 is 23.2 Å². The molecular formula is C11H12ClF3N2O. The van der Waals surface area contributed by atoms with E-state index in [-0.39, 0.29) is 11.6 Å². The van der Waals surface area contributed by atoms with Crippen LogP contribution in [0, 0.1) is 0 Å². The Labute approximate surface area is 107 Å². The molecule has 0 aliphatic rings. The van der Waals surface area contributed by atoms with Crippen molar-refractivity contribution in [3.05, 3.63) is 28.8 Å². The Balaban J connectivity index is 2.97. The van der Waals surface area contributed by atoms with Crippen LogP contribution in [0.15, 0.2) is 18.2 Å². The van der Waals surface area contributed by atoms with Gasteiger partial charge in [0.05, 0.1) is 22.8 Å². The molecule has 0 saturated heterocycles. The maximum atomic E-state index is 12.7. The highest BCUT2D eigenvalue weighted by atomic mass is 35.5. The van der Waals surface area contributed by atoms with Gasteiger partial charge in [-0.2, -0.15) is 13.2 Å². The first kappa shape index (κ1) is 14.8. The number of likely N-dealkylation sites (N-methyl/N-ethyl adjacent to an activating group) is 1. The number of carbonyl (C=O) groups is 1. The molecule has 0 aromatic heterocycles. The van der Waals surface area contributed by atoms with Crippen molar-refractivity contribution in [3.63, 3.8) is 0 Å². The summed E-state index contributed by atoms with van der Waals surface area (Å²) in [5.74, 6) is -0.574. The summed E-state index contributed by atoms with van der Waals surface area (Å²) < 4.78 is 38.1. The number of carbonyl (C=O) groups excluding carboxylic acids is 1. The van der Waals surface area contributed by atoms with Gasteiger partial charge >= 0.3 is 6.18 Å². The van der Waals surface area contributed by atoms with Crippen molar-refractivity contribution in [1.82, 2.24) is 5.32 Å². The predicted molar refractivity (Wildman–Crippen MR) is 63.6 cm³/mol. The minimum atomic E-state index is -4.56. The summed E-state index contributed by atoms with van der Waals surface area (Å²) in [6.07, 6.45) is -4.56. The molecule has 0 aliphatic heterocycles. The second-order valence-corrected chi connectivity index (χ2v) is 3.90. The van der Waals surface area contributed by atoms with Crippen LogP contribution in [0.25, 0.3) is 0 Å². The second kappa shape index (κ2) is 6.06. The number of amides is 1. The van der Waals surface area contributed by atoms with Crippen LogP contribution in [0.5, 0.6) is 0 Å². The highest BCUT2D eigenvalue weighted by Gasteiger charge is 2.34. The number of rotatable bonds is 4. The van der Waals surface area contributed by atoms with Gasteiger partial charge in [-0.15, -0.1) is 0 Å². The largest absolute Gasteiger partial charge is 0.418 e. The summed E-state index contributed by atoms with van der Waals surface area (Å²) in [5.41, 5.74) is -1.37. The molecule has 7 heteroatoms. The van der Waals surface area contributed by atoms with E-state index in [4.69, 9.17) is 11.6 Å². The molecule has 1 amide bonds. The van der Waals surface area contributed by atoms with Gasteiger partial charge in [-0.05, 0) is 18.7 Å². The van der Waals surface area contributed by atoms with Crippen molar-refractivity contribution in [1.29, 1.82) is 0 Å². The molecule has 18 heavy (non-hydrogen) atoms. The van der Waals surface area contributed by atoms with E-state index < -0.39 is 23.3 Å². The van der Waals surface area contributed by atoms with E-state index in [1.54, 1.807) is 6.92 Å². The zero-order valence-corrected chi connectivity index (χ0v) is 10.3. The lowest BCUT2D eigenvalue weighted by molar-refractivity contribution is -0.137. The zero-order chi connectivity index (χ0) is 13.8. The van der Waals surface area contributed by atoms with E-state index in [1.165, 1.54) is 12.1 Å². The van der Waals surface area contributed by atoms with Crippen molar-refractivity contribution in [3.8, 4) is 0 Å². The number of nitrogens with one attached hydrogen (secondary N) is 2. The van der Waals surface area contributed by atoms with Crippen molar-refractivity contribution in [2.24, 2.45) is 0 Å². The molecule has 0 bridgehead atoms. The molecular weight excluding hydrogens is 269 g/mol. The van der Waals surface area contributed by atoms with Gasteiger partial charge in [0.2, 0.25) is 5.91 Å². The lowest BCUT2D eigenvalue weighted by Crippen LogP contribution is -2.28. The fourth-order valence-electron chi connectivity index (χ4n) is 1.31. The first-order chi connectivity index (χ1) is 8.36. The number of alkyl halides is 3. The van der Waals surface area contributed by atoms with Gasteiger partial charge < -0.3 is 10.6 Å². The number of anilines is 1. The van der Waals surface area contributed by atoms with E-state index >= 15 is 0 Å². The van der Waals surface area contributed by atoms with Crippen LogP contribution in [0.4, 0.5) is 18.9 Å². The molecule has 1 aromatic rings. The molecule has 0 fully saturated rings. The van der Waals surface area contributed by atoms with E-state index in [2.05, 4.69) is 10.6 Å². The van der Waals surface area contributed by atoms with Crippen LogP contribution in [0.3, 0.4) is 0 Å². The number of hydrogen-bond acceptors (Lipinski definition) is 2. The van der Waals surface area contributed by atoms with Gasteiger partial charge in [-0.3, -0.25) is 4.79 Å². The molecule has 1 rings (SSSR count). The number of hydrogen-bond donors (Lipinski definition) is 2. The highest BCUT2D eigenvalue weighted by Crippen LogP contribution is 2.38. The Morgan fingerprint density at radius 3 is 2.61 bits per heavy atom. The second-order valence-electron chi connectivity index (χ2n) is 3.49. The van der Waals surface area contributed by atoms with Gasteiger partial charge in [-0.25, -0.2) is 0 Å². The summed E-state index contributed by atoms with van der Waals surface area (Å²) in [5, 5.41) is 4.73. The third-order valence-electron chi connectivity index (χ3n) is 2.12. The maximum Gasteiger partial charge on any atom is 0.418 e. The standard InChI is InChI=1S/C11H12ClF3N2O/c1-2-16-6-9(18)17-10-7(11(13,14)15)4-3-5-8(10)12/h3-5,16H,2,6H2,1H3,(H,17,18). The molecule has 0 spiro atoms. The summed E-state index contributed by atoms with van der Waals surface area (Å²) in [7, 11) is 0. The van der Waals surface area contributed by atoms with Gasteiger partial charge in [0.25, 0.3) is 0 Å². The fourth-order valence-corrected chi connectivity index (χ4v) is 1.53. The average molecular weight is 281 g/mol. The Hall–Kier alpha value is -1.27. The number of para-hydroxylation sites is 1. The Kier molecular flexibility index (Phi) is 4.98. The van der Waals surface area contributed by atoms with Crippen molar-refractivity contribution < 1.29 is 18.0 Å². The lowest BCUT2D eigenvalue weighted by Gasteiger charge is -2.15. The zero-order valence-electron chi connectivity index (χ0n) is 9.57. The lowest BCUT2D eigenvalue weighted by atomic mass is 10.1. The molecule has 2 N–H and O–H groups in total. The third kappa shape index (κ3) is 3.89. The minimum Gasteiger partial charge on any atom is -0.323 e. The van der Waals surface area contributed by atoms with Crippen LogP contribution in [-0.4, -0.2) is 19.0 Å². The van der Waals surface area contributed by atoms with Crippen LogP contribution in [-0.2, 0) is 11.0 Å². The first-order valence-electron chi connectivity index (χ1n) is 5.22. The van der Waals surface area contributed by atoms with E-state index in [0.29, 0.717) is 6.54 Å². The van der Waals surface area contributed by atoms with Gasteiger partial charge in [0.1, 0.15) is 0 Å². The van der Waals surface area contributed by atoms with Gasteiger partial charge in [0, 0.05) is 0 Å². The first-order valence-corrected chi connectivity index (χ1v) is 5.60. The minimum absolute atomic E-state index is 0.0704. The van der Waals surface area contributed by atoms with E-state index in [1.807, 2.05) is 0 Å². The average Bonchev–Trinajstić information content (AvgIpc) is 2.27. The summed E-state index contributed by atoms with van der Waals surface area (Å²) in [6.45, 7) is 2.25. The molecule has 0 aliphatic carbocycles. The maximum absolute atomic E-state index is 12.7. The normalized spacial score (nSPS) is 11.4. The molecule has 0 heterocycles. The molecule has 100 valence electrons. The molecule has 3 nitrogen and oxygen atoms in total. The molecule has 0 saturated carbocycles. The van der Waals surface area contributed by atoms with E-state index in [9.17, 15) is 18.0 Å². The van der Waals surface area contributed by atoms with Crippen LogP contribution < -0.4 is 10.6 Å². The van der Waals surface area contributed by atoms with Gasteiger partial charge in [-0.1, -0.05) is 24.6 Å². The van der Waals surface area contributed by atoms with Crippen LogP contribution in [0.1, 0.15) is 12.5 Å². The van der Waals surface area contributed by atoms with Gasteiger partial charge in [0.15, 0.2) is 0 Å². The monoisotopic (exact) mass is 280 g/mol. The predicted octanol–water partition coefficient (Wildman–Crippen LogP) is 2.91. The van der Waals surface area contributed by atoms with Crippen molar-refractivity contribution in [2.75, 3.05) is 18.4 Å². The van der Waals surface area contributed by atoms with Crippen LogP contribution in [0.2, 0.25) is 5.02 Å². The fraction of sp³-hybridized carbons (Fsp3) is 0.364. The molecule has 0 atom stereocenters. The highest BCUT2D eigenvalue weighted by molar-refractivity contribution is 6.34. The summed E-state index contributed by atoms with van der Waals surface area (Å²) >= 11 is 5.68. The number of halogens is 4. The molecule has 0 radical (unpaired) electrons. The quantitative estimate of drug-likeness (QED) is 0.890. The Morgan fingerprint density at radius 1 is 1.39 bits per heavy atom. The SMILES string of the molecule is CCNCC(=O)Nc1c(Cl)cccc1C(F)(F)F. The molecule has 1 aromatic carbocycles. The van der Waals surface area contributed by atoms with Crippen LogP contribution >= 0.6 is 11.6 Å². The Morgan fingerprint density at radius 2 is 2.06 bits per heavy atom. The Bertz CT molecular complexity index is 435. The van der Waals surface area contributed by atoms with E-state index in [0.717, 1.165) is 6.07 Å². The summed E-state index contributed by atoms with van der Waals surface area (Å²) in [6, 6.07) is 3.35. The third-order valence-corrected chi connectivity index (χ3v) is 2.43. The molecule has 0 unspecified atom stereocenters. The topological polar surface area (TPSA) is 41.1 Å².